The molecule has 0 aliphatic heterocycles. The Kier molecular flexibility index (Phi) is 42.0. The van der Waals surface area contributed by atoms with E-state index >= 15 is 0 Å². The summed E-state index contributed by atoms with van der Waals surface area (Å²) in [4.78, 5) is 0. The van der Waals surface area contributed by atoms with Crippen LogP contribution in [0.5, 0.6) is 0 Å². The van der Waals surface area contributed by atoms with Crippen molar-refractivity contribution in [1.82, 2.24) is 0 Å². The Morgan fingerprint density at radius 3 is 1.88 bits per heavy atom. The summed E-state index contributed by atoms with van der Waals surface area (Å²) in [7, 11) is 0. The molecule has 404 valence electrons. The molecular formula is C77H96. The lowest BCUT2D eigenvalue weighted by Gasteiger charge is -2.14. The first-order chi connectivity index (χ1) is 36.8. The van der Waals surface area contributed by atoms with Gasteiger partial charge in [0.15, 0.2) is 0 Å². The van der Waals surface area contributed by atoms with Crippen molar-refractivity contribution in [3.05, 3.63) is 315 Å². The molecule has 0 spiro atoms. The number of fused-ring (bicyclic) bond motifs is 1. The quantitative estimate of drug-likeness (QED) is 0.0596. The van der Waals surface area contributed by atoms with Crippen LogP contribution in [0.15, 0.2) is 260 Å². The van der Waals surface area contributed by atoms with Gasteiger partial charge in [-0.1, -0.05) is 296 Å². The molecule has 0 saturated carbocycles. The summed E-state index contributed by atoms with van der Waals surface area (Å²) in [5, 5.41) is 0. The van der Waals surface area contributed by atoms with E-state index in [1.807, 2.05) is 140 Å². The fourth-order valence-electron chi connectivity index (χ4n) is 7.32. The number of rotatable bonds is 16. The molecule has 0 bridgehead atoms. The molecule has 0 amide bonds. The molecule has 0 heterocycles. The van der Waals surface area contributed by atoms with Gasteiger partial charge in [-0.2, -0.15) is 0 Å². The third-order valence-corrected chi connectivity index (χ3v) is 11.2. The van der Waals surface area contributed by atoms with Crippen LogP contribution in [0, 0.1) is 40.0 Å². The smallest absolute Gasteiger partial charge is 0.0270 e. The van der Waals surface area contributed by atoms with E-state index in [4.69, 9.17) is 6.42 Å². The van der Waals surface area contributed by atoms with Crippen LogP contribution in [0.3, 0.4) is 0 Å². The monoisotopic (exact) mass is 1020 g/mol. The SMILES string of the molecule is C.C#CC/C=C\c1cc(C)ccc1C.C=C/C=C(C(/C=CC)=C/C=C)\C(=C\C=Cc1c(CC/C(C)=C\C=CC)ccc2c1CC=C2)C(=C)C.C=C/C=C\c1ccccc1C.CC.CC.CC1=C=CC=C1.Cc1ccccc1. The van der Waals surface area contributed by atoms with E-state index in [0.29, 0.717) is 6.42 Å². The number of benzene rings is 4. The summed E-state index contributed by atoms with van der Waals surface area (Å²) in [5.74, 6) is 2.59. The zero-order valence-electron chi connectivity index (χ0n) is 49.0. The van der Waals surface area contributed by atoms with Crippen molar-refractivity contribution < 1.29 is 0 Å². The molecule has 77 heavy (non-hydrogen) atoms. The topological polar surface area (TPSA) is 0 Å². The molecule has 0 atom stereocenters. The van der Waals surface area contributed by atoms with Crippen molar-refractivity contribution in [1.29, 1.82) is 0 Å². The summed E-state index contributed by atoms with van der Waals surface area (Å²) in [5.41, 5.74) is 23.1. The molecule has 0 aromatic heterocycles. The Bertz CT molecular complexity index is 2850. The van der Waals surface area contributed by atoms with E-state index in [0.717, 1.165) is 41.6 Å². The summed E-state index contributed by atoms with van der Waals surface area (Å²) >= 11 is 0. The fraction of sp³-hybridized carbons (Fsp3) is 0.234. The van der Waals surface area contributed by atoms with Gasteiger partial charge in [0.1, 0.15) is 0 Å². The Labute approximate surface area is 472 Å². The van der Waals surface area contributed by atoms with Crippen LogP contribution in [0.25, 0.3) is 24.3 Å². The van der Waals surface area contributed by atoms with Crippen LogP contribution in [-0.4, -0.2) is 0 Å². The normalized spacial score (nSPS) is 12.2. The predicted octanol–water partition coefficient (Wildman–Crippen LogP) is 22.9. The first-order valence-electron chi connectivity index (χ1n) is 26.9. The van der Waals surface area contributed by atoms with E-state index in [1.54, 1.807) is 6.08 Å². The minimum atomic E-state index is 0. The lowest BCUT2D eigenvalue weighted by Crippen LogP contribution is -1.97. The van der Waals surface area contributed by atoms with Crippen molar-refractivity contribution in [2.75, 3.05) is 0 Å². The Morgan fingerprint density at radius 2 is 1.34 bits per heavy atom. The van der Waals surface area contributed by atoms with E-state index in [9.17, 15) is 0 Å². The largest absolute Gasteiger partial charge is 0.120 e. The van der Waals surface area contributed by atoms with E-state index in [1.165, 1.54) is 66.8 Å². The second-order valence-corrected chi connectivity index (χ2v) is 17.4. The molecular weight excluding hydrogens is 925 g/mol. The second kappa shape index (κ2) is 45.5. The molecule has 0 heteroatoms. The Balaban J connectivity index is 0. The number of hydrogen-bond donors (Lipinski definition) is 0. The average Bonchev–Trinajstić information content (AvgIpc) is 4.13. The van der Waals surface area contributed by atoms with Gasteiger partial charge in [-0.15, -0.1) is 18.1 Å². The van der Waals surface area contributed by atoms with Crippen LogP contribution in [-0.2, 0) is 12.8 Å². The Morgan fingerprint density at radius 1 is 0.662 bits per heavy atom. The molecule has 0 unspecified atom stereocenters. The van der Waals surface area contributed by atoms with E-state index < -0.39 is 0 Å². The molecule has 2 aliphatic carbocycles. The highest BCUT2D eigenvalue weighted by Crippen LogP contribution is 2.30. The van der Waals surface area contributed by atoms with Crippen molar-refractivity contribution in [2.45, 2.75) is 123 Å². The summed E-state index contributed by atoms with van der Waals surface area (Å²) in [6.07, 6.45) is 54.1. The zero-order chi connectivity index (χ0) is 56.9. The predicted molar refractivity (Wildman–Crippen MR) is 355 cm³/mol. The van der Waals surface area contributed by atoms with Gasteiger partial charge in [-0.25, -0.2) is 0 Å². The van der Waals surface area contributed by atoms with Crippen molar-refractivity contribution in [3.63, 3.8) is 0 Å². The molecule has 2 aliphatic rings. The van der Waals surface area contributed by atoms with Crippen molar-refractivity contribution >= 4 is 24.3 Å². The summed E-state index contributed by atoms with van der Waals surface area (Å²) in [6.45, 7) is 42.4. The van der Waals surface area contributed by atoms with E-state index in [-0.39, 0.29) is 7.43 Å². The van der Waals surface area contributed by atoms with Crippen LogP contribution < -0.4 is 0 Å². The average molecular weight is 1020 g/mol. The molecule has 0 saturated heterocycles. The van der Waals surface area contributed by atoms with E-state index in [2.05, 4.69) is 201 Å². The van der Waals surface area contributed by atoms with Gasteiger partial charge < -0.3 is 0 Å². The zero-order valence-corrected chi connectivity index (χ0v) is 49.0. The van der Waals surface area contributed by atoms with Crippen molar-refractivity contribution in [3.8, 4) is 12.3 Å². The van der Waals surface area contributed by atoms with Gasteiger partial charge in [0.2, 0.25) is 0 Å². The Hall–Kier alpha value is -7.94. The van der Waals surface area contributed by atoms with Gasteiger partial charge in [0, 0.05) is 6.42 Å². The van der Waals surface area contributed by atoms with Crippen molar-refractivity contribution in [2.24, 2.45) is 0 Å². The maximum absolute atomic E-state index is 5.16. The molecule has 6 rings (SSSR count). The third-order valence-electron chi connectivity index (χ3n) is 11.2. The molecule has 0 radical (unpaired) electrons. The van der Waals surface area contributed by atoms with Gasteiger partial charge in [0.25, 0.3) is 0 Å². The first-order valence-corrected chi connectivity index (χ1v) is 26.9. The molecule has 0 fully saturated rings. The lowest BCUT2D eigenvalue weighted by molar-refractivity contribution is 0.935. The summed E-state index contributed by atoms with van der Waals surface area (Å²) in [6, 6.07) is 29.5. The molecule has 4 aromatic rings. The van der Waals surface area contributed by atoms with Crippen LogP contribution >= 0.6 is 0 Å². The number of aryl methyl sites for hydroxylation is 5. The molecule has 4 aromatic carbocycles. The fourth-order valence-corrected chi connectivity index (χ4v) is 7.32. The maximum atomic E-state index is 5.16. The highest BCUT2D eigenvalue weighted by molar-refractivity contribution is 5.72. The number of hydrogen-bond acceptors (Lipinski definition) is 0. The second-order valence-electron chi connectivity index (χ2n) is 17.4. The van der Waals surface area contributed by atoms with Gasteiger partial charge in [-0.3, -0.25) is 0 Å². The minimum absolute atomic E-state index is 0. The standard InChI is InChI=1S/C35H40.C13H14.C11H12.C7H8.C6H6.2C2H6.CH4/c1-8-12-18-28(7)23-24-31-26-25-30-19-13-21-34(30)35(31)22-14-20-32(27(5)6)33(17-11-4)29(15-9-2)16-10-3;1-4-5-6-7-13-10-11(2)8-9-12(13)3;1-3-4-8-11-9-6-5-7-10(11)2;1-7-5-3-2-4-6-7;1-6-4-2-3-5-6;2*1-2;/h8-20,22,25-26H,2,4-5,21,23-24H2,1,3,6-7H3;1,6-10H,5H2,2-3H3;3-9H,1H2,2H3;2-6H,1H3;2-4H,1H3;2*1-2H3;1H4/b12-8?,16-10?,22-14?,28-18-,29-15+,32-20+,33-17-;7-6-;8-4-;;;;;. The van der Waals surface area contributed by atoms with Crippen LogP contribution in [0.1, 0.15) is 138 Å². The number of allylic oxidation sites excluding steroid dienone is 23. The first kappa shape index (κ1) is 71.1. The van der Waals surface area contributed by atoms with Gasteiger partial charge >= 0.3 is 0 Å². The van der Waals surface area contributed by atoms with Gasteiger partial charge in [-0.05, 0) is 154 Å². The third kappa shape index (κ3) is 30.3. The maximum Gasteiger partial charge on any atom is 0.0270 e. The highest BCUT2D eigenvalue weighted by atomic mass is 14.2. The van der Waals surface area contributed by atoms with Crippen LogP contribution in [0.2, 0.25) is 0 Å². The highest BCUT2D eigenvalue weighted by Gasteiger charge is 2.13. The van der Waals surface area contributed by atoms with Gasteiger partial charge in [0.05, 0.1) is 0 Å². The van der Waals surface area contributed by atoms with Crippen LogP contribution in [0.4, 0.5) is 0 Å². The minimum Gasteiger partial charge on any atom is -0.120 e. The molecule has 0 nitrogen and oxygen atoms in total. The lowest BCUT2D eigenvalue weighted by atomic mass is 9.90. The summed E-state index contributed by atoms with van der Waals surface area (Å²) < 4.78 is 0. The molecule has 0 N–H and O–H groups in total. The number of terminal acetylenes is 1.